The number of carbonyl (C=O) groups is 2. The van der Waals surface area contributed by atoms with Gasteiger partial charge in [0.05, 0.1) is 0 Å². The van der Waals surface area contributed by atoms with E-state index < -0.39 is 23.8 Å². The lowest BCUT2D eigenvalue weighted by Crippen LogP contribution is -2.23. The first kappa shape index (κ1) is 17.0. The predicted octanol–water partition coefficient (Wildman–Crippen LogP) is 2.05. The minimum absolute atomic E-state index is 0.0739. The van der Waals surface area contributed by atoms with Crippen molar-refractivity contribution in [1.82, 2.24) is 4.90 Å². The van der Waals surface area contributed by atoms with Crippen molar-refractivity contribution >= 4 is 11.8 Å². The number of hydrogen-bond donors (Lipinski definition) is 0. The van der Waals surface area contributed by atoms with Crippen LogP contribution in [0.2, 0.25) is 0 Å². The van der Waals surface area contributed by atoms with Gasteiger partial charge in [-0.05, 0) is 19.7 Å². The Morgan fingerprint density at radius 1 is 1.24 bits per heavy atom. The number of carbonyl (C=O) groups excluding carboxylic acids is 2. The smallest absolute Gasteiger partial charge is 0.342 e. The number of ether oxygens (including phenoxy) is 1. The third-order valence-corrected chi connectivity index (χ3v) is 2.56. The van der Waals surface area contributed by atoms with E-state index in [-0.39, 0.29) is 13.2 Å². The van der Waals surface area contributed by atoms with Crippen molar-refractivity contribution in [2.24, 2.45) is 0 Å². The molecule has 1 aromatic carbocycles. The molecule has 1 aromatic rings. The van der Waals surface area contributed by atoms with Crippen LogP contribution in [0.15, 0.2) is 42.0 Å². The fourth-order valence-corrected chi connectivity index (χ4v) is 1.48. The van der Waals surface area contributed by atoms with Crippen LogP contribution in [-0.4, -0.2) is 43.7 Å². The van der Waals surface area contributed by atoms with E-state index in [1.165, 1.54) is 0 Å². The van der Waals surface area contributed by atoms with E-state index in [1.54, 1.807) is 49.3 Å². The number of benzene rings is 1. The normalized spacial score (nSPS) is 11.8. The van der Waals surface area contributed by atoms with E-state index in [4.69, 9.17) is 4.74 Å². The average Bonchev–Trinajstić information content (AvgIpc) is 2.45. The van der Waals surface area contributed by atoms with Crippen LogP contribution >= 0.6 is 0 Å². The molecule has 6 heteroatoms. The molecule has 0 spiro atoms. The van der Waals surface area contributed by atoms with E-state index in [1.807, 2.05) is 0 Å². The Balaban J connectivity index is 2.76. The Morgan fingerprint density at radius 2 is 1.86 bits per heavy atom. The van der Waals surface area contributed by atoms with Crippen molar-refractivity contribution < 1.29 is 23.1 Å². The Kier molecular flexibility index (Phi) is 6.68. The number of likely N-dealkylation sites (N-methyl/N-ethyl adjacent to an activating group) is 1. The summed E-state index contributed by atoms with van der Waals surface area (Å²) < 4.78 is 29.9. The molecule has 21 heavy (non-hydrogen) atoms. The molecule has 0 N–H and O–H groups in total. The van der Waals surface area contributed by atoms with Crippen LogP contribution in [0.3, 0.4) is 0 Å². The van der Waals surface area contributed by atoms with E-state index in [0.717, 1.165) is 6.08 Å². The van der Waals surface area contributed by atoms with Crippen LogP contribution in [0.4, 0.5) is 8.78 Å². The number of ketones is 1. The Bertz CT molecular complexity index is 513. The summed E-state index contributed by atoms with van der Waals surface area (Å²) in [7, 11) is 3.38. The zero-order valence-corrected chi connectivity index (χ0v) is 11.9. The minimum atomic E-state index is -3.23. The number of Topliss-reactive ketones (excluding diaryl/α,β-unsaturated/α-hetero) is 1. The molecule has 0 unspecified atom stereocenters. The fraction of sp³-hybridized carbons (Fsp3) is 0.333. The number of halogens is 2. The molecule has 0 amide bonds. The molecule has 0 aliphatic heterocycles. The predicted molar refractivity (Wildman–Crippen MR) is 73.9 cm³/mol. The van der Waals surface area contributed by atoms with Gasteiger partial charge in [0.25, 0.3) is 0 Å². The lowest BCUT2D eigenvalue weighted by molar-refractivity contribution is -0.143. The summed E-state index contributed by atoms with van der Waals surface area (Å²) in [5, 5.41) is 0. The maximum absolute atomic E-state index is 12.5. The second kappa shape index (κ2) is 8.26. The molecule has 0 saturated carbocycles. The van der Waals surface area contributed by atoms with Crippen molar-refractivity contribution in [2.45, 2.75) is 13.0 Å². The van der Waals surface area contributed by atoms with Gasteiger partial charge in [-0.3, -0.25) is 4.79 Å². The highest BCUT2D eigenvalue weighted by molar-refractivity contribution is 6.18. The second-order valence-electron chi connectivity index (χ2n) is 4.61. The third kappa shape index (κ3) is 5.83. The van der Waals surface area contributed by atoms with Gasteiger partial charge >= 0.3 is 12.4 Å². The summed E-state index contributed by atoms with van der Waals surface area (Å²) in [4.78, 5) is 24.8. The molecule has 0 aromatic heterocycles. The number of esters is 1. The van der Waals surface area contributed by atoms with Gasteiger partial charge in [0.1, 0.15) is 12.2 Å². The highest BCUT2D eigenvalue weighted by atomic mass is 19.3. The van der Waals surface area contributed by atoms with Gasteiger partial charge in [-0.25, -0.2) is 13.6 Å². The van der Waals surface area contributed by atoms with E-state index in [2.05, 4.69) is 0 Å². The lowest BCUT2D eigenvalue weighted by Gasteiger charge is -2.10. The highest BCUT2D eigenvalue weighted by Gasteiger charge is 2.27. The molecule has 0 atom stereocenters. The fourth-order valence-electron chi connectivity index (χ4n) is 1.48. The van der Waals surface area contributed by atoms with E-state index >= 15 is 0 Å². The summed E-state index contributed by atoms with van der Waals surface area (Å²) in [5.74, 6) is -2.55. The monoisotopic (exact) mass is 297 g/mol. The number of rotatable bonds is 7. The molecule has 0 heterocycles. The number of nitrogens with zero attached hydrogens (tertiary/aromatic N) is 1. The zero-order valence-electron chi connectivity index (χ0n) is 11.9. The second-order valence-corrected chi connectivity index (χ2v) is 4.61. The Labute approximate surface area is 122 Å². The van der Waals surface area contributed by atoms with Crippen molar-refractivity contribution in [2.75, 3.05) is 20.6 Å². The average molecular weight is 297 g/mol. The Morgan fingerprint density at radius 3 is 2.38 bits per heavy atom. The quantitative estimate of drug-likeness (QED) is 0.334. The largest absolute Gasteiger partial charge is 0.457 e. The standard InChI is InChI=1S/C15H17F2NO3/c1-18(2)9-8-12(13(19)14(16)17)15(20)21-10-11-6-4-3-5-7-11/h3-8,14H,9-10H2,1-2H3. The minimum Gasteiger partial charge on any atom is -0.457 e. The zero-order chi connectivity index (χ0) is 15.8. The summed E-state index contributed by atoms with van der Waals surface area (Å²) in [6.07, 6.45) is -2.08. The molecular weight excluding hydrogens is 280 g/mol. The molecule has 0 bridgehead atoms. The van der Waals surface area contributed by atoms with Crippen molar-refractivity contribution in [1.29, 1.82) is 0 Å². The molecule has 4 nitrogen and oxygen atoms in total. The first-order chi connectivity index (χ1) is 9.91. The first-order valence-electron chi connectivity index (χ1n) is 6.30. The van der Waals surface area contributed by atoms with Crippen LogP contribution in [-0.2, 0) is 20.9 Å². The van der Waals surface area contributed by atoms with Crippen molar-refractivity contribution in [3.05, 3.63) is 47.5 Å². The van der Waals surface area contributed by atoms with Crippen molar-refractivity contribution in [3.8, 4) is 0 Å². The van der Waals surface area contributed by atoms with Crippen LogP contribution in [0.5, 0.6) is 0 Å². The molecule has 0 aliphatic rings. The first-order valence-corrected chi connectivity index (χ1v) is 6.30. The van der Waals surface area contributed by atoms with Gasteiger partial charge in [0.15, 0.2) is 0 Å². The Hall–Kier alpha value is -2.08. The third-order valence-electron chi connectivity index (χ3n) is 2.56. The molecule has 114 valence electrons. The van der Waals surface area contributed by atoms with Gasteiger partial charge in [0.2, 0.25) is 5.78 Å². The summed E-state index contributed by atoms with van der Waals surface area (Å²) in [5.41, 5.74) is 0.0944. The molecule has 1 rings (SSSR count). The van der Waals surface area contributed by atoms with Gasteiger partial charge in [-0.1, -0.05) is 36.4 Å². The topological polar surface area (TPSA) is 46.6 Å². The SMILES string of the molecule is CN(C)CC=C(C(=O)OCc1ccccc1)C(=O)C(F)F. The van der Waals surface area contributed by atoms with Gasteiger partial charge in [-0.2, -0.15) is 0 Å². The molecule has 0 radical (unpaired) electrons. The van der Waals surface area contributed by atoms with Crippen LogP contribution in [0.25, 0.3) is 0 Å². The van der Waals surface area contributed by atoms with Crippen molar-refractivity contribution in [3.63, 3.8) is 0 Å². The highest BCUT2D eigenvalue weighted by Crippen LogP contribution is 2.10. The summed E-state index contributed by atoms with van der Waals surface area (Å²) in [6.45, 7) is 0.115. The molecule has 0 aliphatic carbocycles. The summed E-state index contributed by atoms with van der Waals surface area (Å²) in [6, 6.07) is 8.78. The maximum atomic E-state index is 12.5. The van der Waals surface area contributed by atoms with E-state index in [0.29, 0.717) is 5.56 Å². The molecule has 0 fully saturated rings. The maximum Gasteiger partial charge on any atom is 0.342 e. The number of alkyl halides is 2. The number of hydrogen-bond acceptors (Lipinski definition) is 4. The summed E-state index contributed by atoms with van der Waals surface area (Å²) >= 11 is 0. The lowest BCUT2D eigenvalue weighted by atomic mass is 10.1. The molecular formula is C15H17F2NO3. The van der Waals surface area contributed by atoms with Crippen LogP contribution < -0.4 is 0 Å². The van der Waals surface area contributed by atoms with E-state index in [9.17, 15) is 18.4 Å². The van der Waals surface area contributed by atoms with Gasteiger partial charge < -0.3 is 9.64 Å². The van der Waals surface area contributed by atoms with Gasteiger partial charge in [-0.15, -0.1) is 0 Å². The van der Waals surface area contributed by atoms with Crippen LogP contribution in [0.1, 0.15) is 5.56 Å². The van der Waals surface area contributed by atoms with Gasteiger partial charge in [0, 0.05) is 6.54 Å². The molecule has 0 saturated heterocycles. The van der Waals surface area contributed by atoms with Crippen LogP contribution in [0, 0.1) is 0 Å².